The van der Waals surface area contributed by atoms with Crippen molar-refractivity contribution in [2.75, 3.05) is 0 Å². The van der Waals surface area contributed by atoms with E-state index in [2.05, 4.69) is 96.1 Å². The molecule has 4 heteroatoms. The number of fused-ring (bicyclic) bond motifs is 8. The molecule has 8 aromatic rings. The van der Waals surface area contributed by atoms with Crippen LogP contribution in [0.5, 0.6) is 0 Å². The van der Waals surface area contributed by atoms with Crippen molar-refractivity contribution in [2.45, 2.75) is 0 Å². The fourth-order valence-electron chi connectivity index (χ4n) is 5.24. The molecule has 4 aromatic carbocycles. The van der Waals surface area contributed by atoms with Gasteiger partial charge in [0.05, 0.1) is 5.52 Å². The summed E-state index contributed by atoms with van der Waals surface area (Å²) >= 11 is 0. The second kappa shape index (κ2) is 7.27. The van der Waals surface area contributed by atoms with Crippen molar-refractivity contribution in [1.82, 2.24) is 14.4 Å². The first-order chi connectivity index (χ1) is 17.8. The summed E-state index contributed by atoms with van der Waals surface area (Å²) in [6, 6.07) is 35.8. The fourth-order valence-corrected chi connectivity index (χ4v) is 5.24. The van der Waals surface area contributed by atoms with Gasteiger partial charge < -0.3 is 4.42 Å². The van der Waals surface area contributed by atoms with Crippen molar-refractivity contribution in [1.29, 1.82) is 0 Å². The van der Waals surface area contributed by atoms with Crippen LogP contribution in [0.3, 0.4) is 0 Å². The highest BCUT2D eigenvalue weighted by molar-refractivity contribution is 6.07. The van der Waals surface area contributed by atoms with Crippen molar-refractivity contribution in [2.24, 2.45) is 0 Å². The lowest BCUT2D eigenvalue weighted by Crippen LogP contribution is -1.88. The van der Waals surface area contributed by atoms with E-state index in [-0.39, 0.29) is 0 Å². The average molecular weight is 462 g/mol. The van der Waals surface area contributed by atoms with E-state index in [0.29, 0.717) is 0 Å². The lowest BCUT2D eigenvalue weighted by atomic mass is 9.97. The van der Waals surface area contributed by atoms with E-state index in [1.54, 1.807) is 0 Å². The van der Waals surface area contributed by atoms with Crippen molar-refractivity contribution in [3.8, 4) is 22.3 Å². The Labute approximate surface area is 206 Å². The molecule has 0 atom stereocenters. The molecular formula is C32H19N3O. The standard InChI is InChI=1S/C32H19N3O/c1-2-9-25-23(6-1)18-33-28-14-12-22(17-27(25)28)20-7-5-8-21(16-20)24-13-15-30-34-31-26-10-3-4-11-29(26)36-32(31)35(30)19-24/h1-19H. The molecule has 8 rings (SSSR count). The molecule has 4 heterocycles. The van der Waals surface area contributed by atoms with Crippen molar-refractivity contribution in [3.63, 3.8) is 0 Å². The van der Waals surface area contributed by atoms with Crippen LogP contribution in [0.1, 0.15) is 0 Å². The first-order valence-electron chi connectivity index (χ1n) is 12.0. The zero-order valence-corrected chi connectivity index (χ0v) is 19.2. The molecule has 0 aliphatic rings. The SMILES string of the molecule is c1cc(-c2ccc3ncc4ccccc4c3c2)cc(-c2ccc3nc4c5ccccc5oc4n3c2)c1. The highest BCUT2D eigenvalue weighted by Gasteiger charge is 2.14. The quantitative estimate of drug-likeness (QED) is 0.243. The first-order valence-corrected chi connectivity index (χ1v) is 12.0. The second-order valence-electron chi connectivity index (χ2n) is 9.17. The van der Waals surface area contributed by atoms with Crippen LogP contribution < -0.4 is 0 Å². The minimum Gasteiger partial charge on any atom is -0.437 e. The predicted octanol–water partition coefficient (Wildman–Crippen LogP) is 8.27. The number of rotatable bonds is 2. The van der Waals surface area contributed by atoms with Gasteiger partial charge in [0.25, 0.3) is 0 Å². The largest absolute Gasteiger partial charge is 0.437 e. The fraction of sp³-hybridized carbons (Fsp3) is 0. The Bertz CT molecular complexity index is 2120. The zero-order valence-electron chi connectivity index (χ0n) is 19.2. The van der Waals surface area contributed by atoms with E-state index in [4.69, 9.17) is 9.40 Å². The first kappa shape index (κ1) is 19.4. The minimum absolute atomic E-state index is 0.776. The molecule has 0 saturated carbocycles. The Balaban J connectivity index is 1.27. The minimum atomic E-state index is 0.776. The van der Waals surface area contributed by atoms with Crippen LogP contribution in [0.2, 0.25) is 0 Å². The van der Waals surface area contributed by atoms with E-state index < -0.39 is 0 Å². The third kappa shape index (κ3) is 2.82. The molecule has 0 fully saturated rings. The van der Waals surface area contributed by atoms with Crippen molar-refractivity contribution < 1.29 is 4.42 Å². The molecule has 0 bridgehead atoms. The molecule has 4 aromatic heterocycles. The van der Waals surface area contributed by atoms with Crippen LogP contribution in [0.25, 0.3) is 71.8 Å². The maximum Gasteiger partial charge on any atom is 0.232 e. The van der Waals surface area contributed by atoms with Gasteiger partial charge in [0.2, 0.25) is 5.71 Å². The van der Waals surface area contributed by atoms with Gasteiger partial charge in [0.1, 0.15) is 16.7 Å². The van der Waals surface area contributed by atoms with Gasteiger partial charge in [-0.25, -0.2) is 4.98 Å². The number of furan rings is 1. The van der Waals surface area contributed by atoms with Crippen LogP contribution in [-0.4, -0.2) is 14.4 Å². The van der Waals surface area contributed by atoms with Gasteiger partial charge in [-0.1, -0.05) is 60.7 Å². The molecule has 0 radical (unpaired) electrons. The summed E-state index contributed by atoms with van der Waals surface area (Å²) < 4.78 is 8.21. The Morgan fingerprint density at radius 3 is 2.33 bits per heavy atom. The van der Waals surface area contributed by atoms with Gasteiger partial charge in [0.15, 0.2) is 0 Å². The Kier molecular flexibility index (Phi) is 3.91. The van der Waals surface area contributed by atoms with Crippen molar-refractivity contribution >= 4 is 49.5 Å². The lowest BCUT2D eigenvalue weighted by Gasteiger charge is -2.09. The van der Waals surface area contributed by atoms with E-state index in [9.17, 15) is 0 Å². The number of benzene rings is 4. The third-order valence-electron chi connectivity index (χ3n) is 7.04. The van der Waals surface area contributed by atoms with Crippen LogP contribution in [-0.2, 0) is 0 Å². The van der Waals surface area contributed by atoms with Gasteiger partial charge >= 0.3 is 0 Å². The zero-order chi connectivity index (χ0) is 23.6. The summed E-state index contributed by atoms with van der Waals surface area (Å²) in [4.78, 5) is 9.48. The van der Waals surface area contributed by atoms with E-state index >= 15 is 0 Å². The molecule has 0 saturated heterocycles. The van der Waals surface area contributed by atoms with Gasteiger partial charge in [-0.2, -0.15) is 0 Å². The molecule has 168 valence electrons. The Morgan fingerprint density at radius 2 is 1.39 bits per heavy atom. The van der Waals surface area contributed by atoms with Gasteiger partial charge in [-0.15, -0.1) is 0 Å². The number of hydrogen-bond acceptors (Lipinski definition) is 3. The molecule has 36 heavy (non-hydrogen) atoms. The van der Waals surface area contributed by atoms with Crippen LogP contribution in [0.4, 0.5) is 0 Å². The summed E-state index contributed by atoms with van der Waals surface area (Å²) in [5, 5.41) is 4.59. The lowest BCUT2D eigenvalue weighted by molar-refractivity contribution is 0.649. The van der Waals surface area contributed by atoms with Gasteiger partial charge in [-0.3, -0.25) is 9.38 Å². The Hall–Kier alpha value is -4.96. The third-order valence-corrected chi connectivity index (χ3v) is 7.04. The Morgan fingerprint density at radius 1 is 0.611 bits per heavy atom. The van der Waals surface area contributed by atoms with Crippen LogP contribution >= 0.6 is 0 Å². The number of hydrogen-bond donors (Lipinski definition) is 0. The molecule has 0 spiro atoms. The monoisotopic (exact) mass is 461 g/mol. The molecule has 0 N–H and O–H groups in total. The topological polar surface area (TPSA) is 43.3 Å². The van der Waals surface area contributed by atoms with Gasteiger partial charge in [0, 0.05) is 28.6 Å². The summed E-state index contributed by atoms with van der Waals surface area (Å²) in [7, 11) is 0. The number of para-hydroxylation sites is 1. The summed E-state index contributed by atoms with van der Waals surface area (Å²) in [5.41, 5.74) is 9.01. The van der Waals surface area contributed by atoms with E-state index in [0.717, 1.165) is 49.9 Å². The maximum absolute atomic E-state index is 6.16. The maximum atomic E-state index is 6.16. The molecule has 4 nitrogen and oxygen atoms in total. The van der Waals surface area contributed by atoms with Crippen LogP contribution in [0, 0.1) is 0 Å². The summed E-state index contributed by atoms with van der Waals surface area (Å²) in [6.45, 7) is 0. The average Bonchev–Trinajstić information content (AvgIpc) is 3.49. The van der Waals surface area contributed by atoms with E-state index in [1.807, 2.05) is 28.8 Å². The molecule has 0 amide bonds. The predicted molar refractivity (Wildman–Crippen MR) is 146 cm³/mol. The highest BCUT2D eigenvalue weighted by atomic mass is 16.3. The highest BCUT2D eigenvalue weighted by Crippen LogP contribution is 2.33. The molecule has 0 aliphatic heterocycles. The van der Waals surface area contributed by atoms with Gasteiger partial charge in [-0.05, 0) is 70.1 Å². The summed E-state index contributed by atoms with van der Waals surface area (Å²) in [6.07, 6.45) is 4.06. The molecule has 0 unspecified atom stereocenters. The van der Waals surface area contributed by atoms with E-state index in [1.165, 1.54) is 21.9 Å². The van der Waals surface area contributed by atoms with Crippen LogP contribution in [0.15, 0.2) is 120 Å². The number of nitrogens with zero attached hydrogens (tertiary/aromatic N) is 3. The van der Waals surface area contributed by atoms with Crippen molar-refractivity contribution in [3.05, 3.63) is 116 Å². The number of aromatic nitrogens is 3. The molecule has 0 aliphatic carbocycles. The smallest absolute Gasteiger partial charge is 0.232 e. The number of pyridine rings is 2. The number of imidazole rings is 1. The molecular weight excluding hydrogens is 442 g/mol. The second-order valence-corrected chi connectivity index (χ2v) is 9.17. The summed E-state index contributed by atoms with van der Waals surface area (Å²) in [5.74, 6) is 0. The normalized spacial score (nSPS) is 11.9.